The van der Waals surface area contributed by atoms with Crippen molar-refractivity contribution in [1.29, 1.82) is 0 Å². The van der Waals surface area contributed by atoms with Gasteiger partial charge in [0.05, 0.1) is 4.47 Å². The number of rotatable bonds is 5. The Morgan fingerprint density at radius 3 is 2.70 bits per heavy atom. The molecule has 0 saturated heterocycles. The monoisotopic (exact) mass is 427 g/mol. The molecule has 0 amide bonds. The van der Waals surface area contributed by atoms with Gasteiger partial charge in [-0.2, -0.15) is 0 Å². The fourth-order valence-electron chi connectivity index (χ4n) is 2.30. The van der Waals surface area contributed by atoms with Crippen LogP contribution in [0, 0.1) is 18.2 Å². The van der Waals surface area contributed by atoms with Gasteiger partial charge >= 0.3 is 0 Å². The van der Waals surface area contributed by atoms with E-state index in [1.807, 2.05) is 24.3 Å². The van der Waals surface area contributed by atoms with Gasteiger partial charge in [0.25, 0.3) is 0 Å². The molecule has 3 aromatic rings. The highest BCUT2D eigenvalue weighted by Crippen LogP contribution is 2.21. The van der Waals surface area contributed by atoms with E-state index in [4.69, 9.17) is 11.1 Å². The maximum Gasteiger partial charge on any atom is 0.202 e. The average Bonchev–Trinajstić information content (AvgIpc) is 3.16. The minimum absolute atomic E-state index is 0.343. The molecule has 0 bridgehead atoms. The van der Waals surface area contributed by atoms with Crippen LogP contribution in [-0.4, -0.2) is 23.2 Å². The van der Waals surface area contributed by atoms with Crippen molar-refractivity contribution in [3.8, 4) is 12.3 Å². The number of aromatic nitrogens is 2. The van der Waals surface area contributed by atoms with Crippen LogP contribution in [0.3, 0.4) is 0 Å². The summed E-state index contributed by atoms with van der Waals surface area (Å²) >= 11 is 3.16. The van der Waals surface area contributed by atoms with E-state index in [9.17, 15) is 4.39 Å². The Balaban J connectivity index is 1.73. The van der Waals surface area contributed by atoms with Crippen molar-refractivity contribution in [2.75, 3.05) is 17.7 Å². The van der Waals surface area contributed by atoms with Crippen LogP contribution < -0.4 is 10.6 Å². The molecule has 0 aliphatic heterocycles. The molecule has 0 saturated carbocycles. The highest BCUT2D eigenvalue weighted by molar-refractivity contribution is 9.10. The van der Waals surface area contributed by atoms with Crippen LogP contribution in [0.5, 0.6) is 0 Å². The summed E-state index contributed by atoms with van der Waals surface area (Å²) in [5, 5.41) is 14.0. The first-order valence-electron chi connectivity index (χ1n) is 7.92. The predicted molar refractivity (Wildman–Crippen MR) is 106 cm³/mol. The van der Waals surface area contributed by atoms with Crippen molar-refractivity contribution in [3.63, 3.8) is 0 Å². The van der Waals surface area contributed by atoms with E-state index >= 15 is 0 Å². The fraction of sp³-hybridized carbons (Fsp3) is 0.105. The number of amidine groups is 1. The number of aliphatic imine (C=N–C) groups is 1. The van der Waals surface area contributed by atoms with Gasteiger partial charge in [0.15, 0.2) is 11.5 Å². The summed E-state index contributed by atoms with van der Waals surface area (Å²) in [6, 6.07) is 12.1. The second-order valence-electron chi connectivity index (χ2n) is 5.48. The number of nitrogens with zero attached hydrogens (tertiary/aromatic N) is 3. The molecule has 8 heteroatoms. The molecule has 136 valence electrons. The van der Waals surface area contributed by atoms with Crippen molar-refractivity contribution < 1.29 is 9.02 Å². The largest absolute Gasteiger partial charge is 0.361 e. The zero-order valence-corrected chi connectivity index (χ0v) is 15.9. The first-order chi connectivity index (χ1) is 13.1. The number of halogens is 2. The zero-order chi connectivity index (χ0) is 19.2. The quantitative estimate of drug-likeness (QED) is 0.364. The minimum Gasteiger partial charge on any atom is -0.361 e. The van der Waals surface area contributed by atoms with E-state index in [1.54, 1.807) is 19.2 Å². The molecule has 1 heterocycles. The average molecular weight is 428 g/mol. The van der Waals surface area contributed by atoms with Gasteiger partial charge in [-0.25, -0.2) is 9.02 Å². The molecule has 0 aliphatic rings. The third kappa shape index (κ3) is 4.51. The summed E-state index contributed by atoms with van der Waals surface area (Å²) in [6.45, 7) is 0.505. The Hall–Kier alpha value is -3.18. The fourth-order valence-corrected chi connectivity index (χ4v) is 2.67. The van der Waals surface area contributed by atoms with Crippen molar-refractivity contribution in [3.05, 3.63) is 69.6 Å². The molecule has 0 radical (unpaired) electrons. The van der Waals surface area contributed by atoms with Gasteiger partial charge in [0, 0.05) is 24.8 Å². The van der Waals surface area contributed by atoms with Crippen LogP contribution in [0.15, 0.2) is 56.6 Å². The molecular weight excluding hydrogens is 413 g/mol. The molecule has 1 aromatic heterocycles. The third-order valence-electron chi connectivity index (χ3n) is 3.70. The number of terminal acetylenes is 1. The van der Waals surface area contributed by atoms with Gasteiger partial charge in [-0.15, -0.1) is 6.42 Å². The van der Waals surface area contributed by atoms with Crippen LogP contribution in [0.25, 0.3) is 0 Å². The second-order valence-corrected chi connectivity index (χ2v) is 6.34. The lowest BCUT2D eigenvalue weighted by Gasteiger charge is -2.09. The molecular formula is C19H15BrFN5O. The molecule has 6 nitrogen and oxygen atoms in total. The Bertz CT molecular complexity index is 1010. The maximum atomic E-state index is 13.4. The van der Waals surface area contributed by atoms with Gasteiger partial charge in [0.1, 0.15) is 5.82 Å². The number of hydrogen-bond acceptors (Lipinski definition) is 5. The predicted octanol–water partition coefficient (Wildman–Crippen LogP) is 4.05. The van der Waals surface area contributed by atoms with E-state index < -0.39 is 0 Å². The van der Waals surface area contributed by atoms with Crippen molar-refractivity contribution >= 4 is 33.3 Å². The topological polar surface area (TPSA) is 75.3 Å². The van der Waals surface area contributed by atoms with Gasteiger partial charge in [-0.1, -0.05) is 18.1 Å². The molecule has 0 aliphatic carbocycles. The standard InChI is InChI=1S/C19H15BrFN5O/c1-3-12-4-6-13(7-5-12)11-23-19-17(25-27-26-19)18(22-2)24-14-8-9-16(21)15(20)10-14/h1,4-10H,11H2,2H3,(H,22,24)(H,23,26). The summed E-state index contributed by atoms with van der Waals surface area (Å²) < 4.78 is 18.6. The minimum atomic E-state index is -0.350. The molecule has 0 unspecified atom stereocenters. The molecule has 0 fully saturated rings. The molecule has 2 aromatic carbocycles. The number of nitrogens with one attached hydrogen (secondary N) is 2. The Kier molecular flexibility index (Phi) is 5.84. The summed E-state index contributed by atoms with van der Waals surface area (Å²) in [4.78, 5) is 4.19. The highest BCUT2D eigenvalue weighted by atomic mass is 79.9. The molecule has 0 spiro atoms. The molecule has 0 atom stereocenters. The lowest BCUT2D eigenvalue weighted by atomic mass is 10.1. The van der Waals surface area contributed by atoms with Gasteiger partial charge < -0.3 is 10.6 Å². The van der Waals surface area contributed by atoms with E-state index in [0.717, 1.165) is 11.1 Å². The SMILES string of the molecule is C#Cc1ccc(CNc2nonc2C(=NC)Nc2ccc(F)c(Br)c2)cc1. The smallest absolute Gasteiger partial charge is 0.202 e. The van der Waals surface area contributed by atoms with Crippen LogP contribution in [-0.2, 0) is 6.54 Å². The van der Waals surface area contributed by atoms with E-state index in [0.29, 0.717) is 34.1 Å². The summed E-state index contributed by atoms with van der Waals surface area (Å²) in [6.07, 6.45) is 5.36. The zero-order valence-electron chi connectivity index (χ0n) is 14.3. The summed E-state index contributed by atoms with van der Waals surface area (Å²) in [5.41, 5.74) is 2.90. The van der Waals surface area contributed by atoms with Crippen LogP contribution in [0.2, 0.25) is 0 Å². The van der Waals surface area contributed by atoms with E-state index in [-0.39, 0.29) is 5.82 Å². The van der Waals surface area contributed by atoms with Crippen molar-refractivity contribution in [2.45, 2.75) is 6.54 Å². The maximum absolute atomic E-state index is 13.4. The van der Waals surface area contributed by atoms with Gasteiger partial charge in [0.2, 0.25) is 5.82 Å². The molecule has 2 N–H and O–H groups in total. The normalized spacial score (nSPS) is 11.1. The number of anilines is 2. The molecule has 27 heavy (non-hydrogen) atoms. The van der Waals surface area contributed by atoms with Crippen LogP contribution in [0.4, 0.5) is 15.9 Å². The number of hydrogen-bond donors (Lipinski definition) is 2. The summed E-state index contributed by atoms with van der Waals surface area (Å²) in [7, 11) is 1.61. The highest BCUT2D eigenvalue weighted by Gasteiger charge is 2.16. The Morgan fingerprint density at radius 2 is 2.04 bits per heavy atom. The third-order valence-corrected chi connectivity index (χ3v) is 4.31. The number of benzene rings is 2. The Morgan fingerprint density at radius 1 is 1.26 bits per heavy atom. The molecule has 3 rings (SSSR count). The van der Waals surface area contributed by atoms with Crippen LogP contribution >= 0.6 is 15.9 Å². The van der Waals surface area contributed by atoms with Crippen LogP contribution in [0.1, 0.15) is 16.8 Å². The first kappa shape index (κ1) is 18.6. The van der Waals surface area contributed by atoms with Gasteiger partial charge in [-0.05, 0) is 62.1 Å². The lowest BCUT2D eigenvalue weighted by Crippen LogP contribution is -2.16. The second kappa shape index (κ2) is 8.47. The van der Waals surface area contributed by atoms with Crippen molar-refractivity contribution in [2.24, 2.45) is 4.99 Å². The Labute approximate surface area is 164 Å². The first-order valence-corrected chi connectivity index (χ1v) is 8.71. The van der Waals surface area contributed by atoms with Crippen molar-refractivity contribution in [1.82, 2.24) is 10.3 Å². The lowest BCUT2D eigenvalue weighted by molar-refractivity contribution is 0.308. The summed E-state index contributed by atoms with van der Waals surface area (Å²) in [5.74, 6) is 3.09. The van der Waals surface area contributed by atoms with Gasteiger partial charge in [-0.3, -0.25) is 4.99 Å². The van der Waals surface area contributed by atoms with E-state index in [1.165, 1.54) is 6.07 Å². The van der Waals surface area contributed by atoms with E-state index in [2.05, 4.69) is 47.8 Å².